The molecule has 3 N–H and O–H groups in total. The van der Waals surface area contributed by atoms with Crippen molar-refractivity contribution in [3.8, 4) is 0 Å². The number of ether oxygens (including phenoxy) is 1. The van der Waals surface area contributed by atoms with Crippen molar-refractivity contribution >= 4 is 5.97 Å². The largest absolute Gasteiger partial charge is 0.465 e. The molecule has 1 rings (SSSR count). The van der Waals surface area contributed by atoms with E-state index in [9.17, 15) is 4.79 Å². The van der Waals surface area contributed by atoms with E-state index < -0.39 is 6.04 Å². The summed E-state index contributed by atoms with van der Waals surface area (Å²) in [6, 6.07) is -0.626. The molecule has 0 saturated heterocycles. The highest BCUT2D eigenvalue weighted by atomic mass is 16.5. The first-order valence-corrected chi connectivity index (χ1v) is 12.1. The first-order valence-electron chi connectivity index (χ1n) is 12.1. The fourth-order valence-electron chi connectivity index (χ4n) is 3.64. The highest BCUT2D eigenvalue weighted by Crippen LogP contribution is 2.13. The maximum absolute atomic E-state index is 11.8. The van der Waals surface area contributed by atoms with Crippen LogP contribution in [0.2, 0.25) is 0 Å². The maximum atomic E-state index is 11.8. The monoisotopic (exact) mass is 407 g/mol. The number of carbonyl (C=O) groups excluding carboxylic acids is 1. The Morgan fingerprint density at radius 2 is 1.38 bits per heavy atom. The number of unbranched alkanes of at least 4 members (excludes halogenated alkanes) is 15. The van der Waals surface area contributed by atoms with Gasteiger partial charge in [0.1, 0.15) is 6.04 Å². The Morgan fingerprint density at radius 3 is 1.83 bits per heavy atom. The summed E-state index contributed by atoms with van der Waals surface area (Å²) < 4.78 is 5.27. The molecule has 0 bridgehead atoms. The summed E-state index contributed by atoms with van der Waals surface area (Å²) in [5, 5.41) is 0. The number of carbonyl (C=O) groups is 1. The molecule has 0 amide bonds. The number of aromatic nitrogens is 2. The lowest BCUT2D eigenvalue weighted by molar-refractivity contribution is -0.145. The second-order valence-corrected chi connectivity index (χ2v) is 8.34. The topological polar surface area (TPSA) is 81.0 Å². The number of nitrogens with one attached hydrogen (secondary N) is 1. The standard InChI is InChI=1S/C24H45N3O2/c1-2-3-4-5-6-7-8-9-10-11-12-13-14-15-16-17-18-29-24(28)23(25)19-22-20-26-21-27-22/h20-21,23H,2-19,25H2,1H3,(H,26,27)/t23-/m0/s1. The number of esters is 1. The van der Waals surface area contributed by atoms with Crippen LogP contribution in [0.25, 0.3) is 0 Å². The third-order valence-corrected chi connectivity index (χ3v) is 5.53. The second kappa shape index (κ2) is 18.7. The lowest BCUT2D eigenvalue weighted by Crippen LogP contribution is -2.34. The molecule has 168 valence electrons. The summed E-state index contributed by atoms with van der Waals surface area (Å²) in [5.41, 5.74) is 6.64. The Bertz CT molecular complexity index is 476. The van der Waals surface area contributed by atoms with Crippen molar-refractivity contribution in [2.45, 2.75) is 122 Å². The molecule has 1 atom stereocenters. The van der Waals surface area contributed by atoms with Crippen LogP contribution in [0.3, 0.4) is 0 Å². The lowest BCUT2D eigenvalue weighted by atomic mass is 10.0. The zero-order valence-electron chi connectivity index (χ0n) is 18.8. The van der Waals surface area contributed by atoms with Gasteiger partial charge in [0.2, 0.25) is 0 Å². The van der Waals surface area contributed by atoms with Crippen LogP contribution in [0.4, 0.5) is 0 Å². The van der Waals surface area contributed by atoms with Crippen molar-refractivity contribution in [1.29, 1.82) is 0 Å². The molecule has 0 unspecified atom stereocenters. The highest BCUT2D eigenvalue weighted by Gasteiger charge is 2.16. The summed E-state index contributed by atoms with van der Waals surface area (Å²) in [4.78, 5) is 18.8. The number of imidazole rings is 1. The van der Waals surface area contributed by atoms with Crippen molar-refractivity contribution in [3.63, 3.8) is 0 Å². The zero-order valence-corrected chi connectivity index (χ0v) is 18.8. The van der Waals surface area contributed by atoms with Crippen LogP contribution in [0.5, 0.6) is 0 Å². The van der Waals surface area contributed by atoms with Gasteiger partial charge in [-0.2, -0.15) is 0 Å². The smallest absolute Gasteiger partial charge is 0.323 e. The molecule has 0 aliphatic heterocycles. The van der Waals surface area contributed by atoms with Crippen LogP contribution in [0.15, 0.2) is 12.5 Å². The van der Waals surface area contributed by atoms with Gasteiger partial charge in [0, 0.05) is 12.6 Å². The van der Waals surface area contributed by atoms with Gasteiger partial charge in [0.05, 0.1) is 18.6 Å². The number of hydrogen-bond donors (Lipinski definition) is 2. The minimum absolute atomic E-state index is 0.325. The molecular formula is C24H45N3O2. The predicted octanol–water partition coefficient (Wildman–Crippen LogP) is 6.08. The second-order valence-electron chi connectivity index (χ2n) is 8.34. The SMILES string of the molecule is CCCCCCCCCCCCCCCCCCOC(=O)[C@@H](N)Cc1c[nH]cn1. The Kier molecular flexibility index (Phi) is 16.5. The molecule has 1 heterocycles. The predicted molar refractivity (Wildman–Crippen MR) is 121 cm³/mol. The Balaban J connectivity index is 1.77. The number of hydrogen-bond acceptors (Lipinski definition) is 4. The van der Waals surface area contributed by atoms with Gasteiger partial charge in [-0.3, -0.25) is 4.79 Å². The van der Waals surface area contributed by atoms with E-state index in [2.05, 4.69) is 16.9 Å². The molecule has 1 aromatic rings. The Hall–Kier alpha value is -1.36. The van der Waals surface area contributed by atoms with Gasteiger partial charge in [0.25, 0.3) is 0 Å². The summed E-state index contributed by atoms with van der Waals surface area (Å²) in [5.74, 6) is -0.325. The number of rotatable bonds is 20. The molecule has 0 radical (unpaired) electrons. The molecule has 5 heteroatoms. The van der Waals surface area contributed by atoms with Crippen LogP contribution in [-0.4, -0.2) is 28.6 Å². The number of nitrogens with two attached hydrogens (primary N) is 1. The molecule has 29 heavy (non-hydrogen) atoms. The molecule has 0 aliphatic rings. The molecule has 0 fully saturated rings. The summed E-state index contributed by atoms with van der Waals surface area (Å²) in [6.07, 6.45) is 25.2. The van der Waals surface area contributed by atoms with E-state index in [1.54, 1.807) is 12.5 Å². The summed E-state index contributed by atoms with van der Waals surface area (Å²) in [7, 11) is 0. The molecular weight excluding hydrogens is 362 g/mol. The van der Waals surface area contributed by atoms with Crippen molar-refractivity contribution in [2.75, 3.05) is 6.61 Å². The van der Waals surface area contributed by atoms with E-state index in [1.165, 1.54) is 89.9 Å². The molecule has 0 saturated carbocycles. The van der Waals surface area contributed by atoms with Crippen molar-refractivity contribution in [2.24, 2.45) is 5.73 Å². The first-order chi connectivity index (χ1) is 14.2. The normalized spacial score (nSPS) is 12.2. The zero-order chi connectivity index (χ0) is 21.0. The average Bonchev–Trinajstić information content (AvgIpc) is 3.23. The van der Waals surface area contributed by atoms with E-state index in [-0.39, 0.29) is 5.97 Å². The molecule has 1 aromatic heterocycles. The van der Waals surface area contributed by atoms with Gasteiger partial charge in [-0.25, -0.2) is 4.98 Å². The Morgan fingerprint density at radius 1 is 0.897 bits per heavy atom. The lowest BCUT2D eigenvalue weighted by Gasteiger charge is -2.10. The number of H-pyrrole nitrogens is 1. The molecule has 0 aromatic carbocycles. The van der Waals surface area contributed by atoms with Crippen molar-refractivity contribution < 1.29 is 9.53 Å². The number of aromatic amines is 1. The van der Waals surface area contributed by atoms with Crippen LogP contribution in [-0.2, 0) is 16.0 Å². The highest BCUT2D eigenvalue weighted by molar-refractivity contribution is 5.75. The van der Waals surface area contributed by atoms with Crippen LogP contribution >= 0.6 is 0 Å². The van der Waals surface area contributed by atoms with Crippen molar-refractivity contribution in [1.82, 2.24) is 9.97 Å². The fraction of sp³-hybridized carbons (Fsp3) is 0.833. The molecule has 0 spiro atoms. The van der Waals surface area contributed by atoms with Crippen LogP contribution < -0.4 is 5.73 Å². The van der Waals surface area contributed by atoms with E-state index in [4.69, 9.17) is 10.5 Å². The van der Waals surface area contributed by atoms with Gasteiger partial charge in [-0.05, 0) is 6.42 Å². The van der Waals surface area contributed by atoms with Crippen LogP contribution in [0, 0.1) is 0 Å². The average molecular weight is 408 g/mol. The molecule has 5 nitrogen and oxygen atoms in total. The minimum atomic E-state index is -0.626. The first kappa shape index (κ1) is 25.7. The van der Waals surface area contributed by atoms with Gasteiger partial charge in [-0.1, -0.05) is 103 Å². The van der Waals surface area contributed by atoms with E-state index >= 15 is 0 Å². The van der Waals surface area contributed by atoms with E-state index in [1.807, 2.05) is 0 Å². The van der Waals surface area contributed by atoms with E-state index in [0.29, 0.717) is 13.0 Å². The molecule has 0 aliphatic carbocycles. The summed E-state index contributed by atoms with van der Waals surface area (Å²) in [6.45, 7) is 2.76. The van der Waals surface area contributed by atoms with Gasteiger partial charge in [-0.15, -0.1) is 0 Å². The van der Waals surface area contributed by atoms with Gasteiger partial charge >= 0.3 is 5.97 Å². The van der Waals surface area contributed by atoms with Gasteiger partial charge in [0.15, 0.2) is 0 Å². The fourth-order valence-corrected chi connectivity index (χ4v) is 3.64. The third kappa shape index (κ3) is 15.2. The maximum Gasteiger partial charge on any atom is 0.323 e. The summed E-state index contributed by atoms with van der Waals surface area (Å²) >= 11 is 0. The Labute approximate surface area is 178 Å². The minimum Gasteiger partial charge on any atom is -0.465 e. The quantitative estimate of drug-likeness (QED) is 0.203. The number of nitrogens with zero attached hydrogens (tertiary/aromatic N) is 1. The van der Waals surface area contributed by atoms with Crippen LogP contribution in [0.1, 0.15) is 115 Å². The van der Waals surface area contributed by atoms with Gasteiger partial charge < -0.3 is 15.5 Å². The van der Waals surface area contributed by atoms with E-state index in [0.717, 1.165) is 18.5 Å². The third-order valence-electron chi connectivity index (χ3n) is 5.53. The van der Waals surface area contributed by atoms with Crippen molar-refractivity contribution in [3.05, 3.63) is 18.2 Å².